The first-order valence-electron chi connectivity index (χ1n) is 8.75. The fraction of sp³-hybridized carbons (Fsp3) is 0.350. The van der Waals surface area contributed by atoms with E-state index in [1.807, 2.05) is 18.2 Å². The third kappa shape index (κ3) is 6.17. The van der Waals surface area contributed by atoms with Crippen molar-refractivity contribution in [1.29, 1.82) is 0 Å². The molecule has 5 nitrogen and oxygen atoms in total. The lowest BCUT2D eigenvalue weighted by Crippen LogP contribution is -2.36. The summed E-state index contributed by atoms with van der Waals surface area (Å²) in [5.41, 5.74) is 3.73. The van der Waals surface area contributed by atoms with Gasteiger partial charge in [0.25, 0.3) is 0 Å². The van der Waals surface area contributed by atoms with E-state index >= 15 is 0 Å². The number of ether oxygens (including phenoxy) is 1. The van der Waals surface area contributed by atoms with Crippen molar-refractivity contribution in [2.45, 2.75) is 13.1 Å². The first-order chi connectivity index (χ1) is 12.3. The Bertz CT molecular complexity index is 670. The highest BCUT2D eigenvalue weighted by molar-refractivity contribution is 14.0. The maximum atomic E-state index is 5.41. The van der Waals surface area contributed by atoms with E-state index in [1.165, 1.54) is 16.8 Å². The largest absolute Gasteiger partial charge is 0.378 e. The molecule has 0 saturated carbocycles. The van der Waals surface area contributed by atoms with Crippen molar-refractivity contribution in [2.24, 2.45) is 4.99 Å². The molecule has 0 spiro atoms. The number of hydrogen-bond donors (Lipinski definition) is 2. The Labute approximate surface area is 172 Å². The molecule has 0 bridgehead atoms. The maximum absolute atomic E-state index is 5.41. The Kier molecular flexibility index (Phi) is 8.70. The molecule has 0 aromatic heterocycles. The molecular formula is C20H27IN4O. The van der Waals surface area contributed by atoms with Gasteiger partial charge in [0.2, 0.25) is 0 Å². The second kappa shape index (κ2) is 11.0. The van der Waals surface area contributed by atoms with E-state index in [-0.39, 0.29) is 24.0 Å². The van der Waals surface area contributed by atoms with Gasteiger partial charge >= 0.3 is 0 Å². The number of benzene rings is 2. The monoisotopic (exact) mass is 466 g/mol. The van der Waals surface area contributed by atoms with Crippen LogP contribution in [-0.2, 0) is 17.8 Å². The summed E-state index contributed by atoms with van der Waals surface area (Å²) in [6.07, 6.45) is 0. The maximum Gasteiger partial charge on any atom is 0.191 e. The number of rotatable bonds is 5. The molecule has 1 fully saturated rings. The van der Waals surface area contributed by atoms with Crippen molar-refractivity contribution in [2.75, 3.05) is 38.3 Å². The first-order valence-corrected chi connectivity index (χ1v) is 8.75. The topological polar surface area (TPSA) is 48.9 Å². The van der Waals surface area contributed by atoms with Gasteiger partial charge in [-0.2, -0.15) is 0 Å². The van der Waals surface area contributed by atoms with Crippen LogP contribution in [-0.4, -0.2) is 39.3 Å². The lowest BCUT2D eigenvalue weighted by Gasteiger charge is -2.28. The van der Waals surface area contributed by atoms with Gasteiger partial charge in [-0.3, -0.25) is 4.99 Å². The fourth-order valence-electron chi connectivity index (χ4n) is 2.83. The molecule has 0 amide bonds. The number of guanidine groups is 1. The third-order valence-corrected chi connectivity index (χ3v) is 4.30. The quantitative estimate of drug-likeness (QED) is 0.404. The van der Waals surface area contributed by atoms with Crippen molar-refractivity contribution in [3.05, 3.63) is 65.7 Å². The molecule has 0 atom stereocenters. The van der Waals surface area contributed by atoms with Crippen LogP contribution in [0.5, 0.6) is 0 Å². The number of anilines is 1. The molecule has 2 aromatic carbocycles. The second-order valence-electron chi connectivity index (χ2n) is 6.03. The Morgan fingerprint density at radius 3 is 2.08 bits per heavy atom. The Morgan fingerprint density at radius 2 is 1.50 bits per heavy atom. The van der Waals surface area contributed by atoms with Gasteiger partial charge in [0.05, 0.1) is 13.2 Å². The van der Waals surface area contributed by atoms with Crippen LogP contribution in [0.1, 0.15) is 11.1 Å². The number of morpholine rings is 1. The number of nitrogens with one attached hydrogen (secondary N) is 2. The molecule has 0 unspecified atom stereocenters. The molecule has 140 valence electrons. The summed E-state index contributed by atoms with van der Waals surface area (Å²) in [7, 11) is 1.79. The van der Waals surface area contributed by atoms with E-state index in [0.29, 0.717) is 0 Å². The normalized spacial score (nSPS) is 14.5. The summed E-state index contributed by atoms with van der Waals surface area (Å²) < 4.78 is 5.41. The minimum atomic E-state index is 0. The lowest BCUT2D eigenvalue weighted by atomic mass is 10.2. The Hall–Kier alpha value is -1.80. The summed E-state index contributed by atoms with van der Waals surface area (Å²) in [6, 6.07) is 19.0. The highest BCUT2D eigenvalue weighted by atomic mass is 127. The smallest absolute Gasteiger partial charge is 0.191 e. The highest BCUT2D eigenvalue weighted by Crippen LogP contribution is 2.16. The summed E-state index contributed by atoms with van der Waals surface area (Å²) in [5.74, 6) is 0.807. The molecule has 3 rings (SSSR count). The molecule has 1 aliphatic heterocycles. The number of nitrogens with zero attached hydrogens (tertiary/aromatic N) is 2. The summed E-state index contributed by atoms with van der Waals surface area (Å²) >= 11 is 0. The fourth-order valence-corrected chi connectivity index (χ4v) is 2.83. The van der Waals surface area contributed by atoms with E-state index in [9.17, 15) is 0 Å². The van der Waals surface area contributed by atoms with E-state index in [2.05, 4.69) is 56.9 Å². The van der Waals surface area contributed by atoms with Crippen molar-refractivity contribution in [3.63, 3.8) is 0 Å². The average Bonchev–Trinajstić information content (AvgIpc) is 2.70. The Balaban J connectivity index is 0.00000243. The minimum absolute atomic E-state index is 0. The lowest BCUT2D eigenvalue weighted by molar-refractivity contribution is 0.122. The SMILES string of the molecule is CN=C(NCc1ccccc1)NCc1ccc(N2CCOCC2)cc1.I. The van der Waals surface area contributed by atoms with Crippen LogP contribution in [0.15, 0.2) is 59.6 Å². The first kappa shape index (κ1) is 20.5. The van der Waals surface area contributed by atoms with Crippen molar-refractivity contribution >= 4 is 35.6 Å². The van der Waals surface area contributed by atoms with Crippen molar-refractivity contribution in [1.82, 2.24) is 10.6 Å². The van der Waals surface area contributed by atoms with Crippen molar-refractivity contribution < 1.29 is 4.74 Å². The van der Waals surface area contributed by atoms with Crippen molar-refractivity contribution in [3.8, 4) is 0 Å². The van der Waals surface area contributed by atoms with Crippen LogP contribution in [0.25, 0.3) is 0 Å². The van der Waals surface area contributed by atoms with E-state index < -0.39 is 0 Å². The van der Waals surface area contributed by atoms with Crippen LogP contribution in [0, 0.1) is 0 Å². The summed E-state index contributed by atoms with van der Waals surface area (Å²) in [4.78, 5) is 6.64. The molecule has 2 N–H and O–H groups in total. The predicted molar refractivity (Wildman–Crippen MR) is 118 cm³/mol. The van der Waals surface area contributed by atoms with Crippen LogP contribution in [0.4, 0.5) is 5.69 Å². The van der Waals surface area contributed by atoms with Gasteiger partial charge in [-0.1, -0.05) is 42.5 Å². The van der Waals surface area contributed by atoms with Crippen LogP contribution < -0.4 is 15.5 Å². The van der Waals surface area contributed by atoms with E-state index in [1.54, 1.807) is 7.05 Å². The average molecular weight is 466 g/mol. The second-order valence-corrected chi connectivity index (χ2v) is 6.03. The van der Waals surface area contributed by atoms with Gasteiger partial charge in [0, 0.05) is 38.9 Å². The molecule has 0 radical (unpaired) electrons. The Morgan fingerprint density at radius 1 is 0.923 bits per heavy atom. The van der Waals surface area contributed by atoms with Gasteiger partial charge in [0.15, 0.2) is 5.96 Å². The summed E-state index contributed by atoms with van der Waals surface area (Å²) in [5, 5.41) is 6.70. The predicted octanol–water partition coefficient (Wildman–Crippen LogP) is 3.01. The third-order valence-electron chi connectivity index (χ3n) is 4.30. The van der Waals surface area contributed by atoms with E-state index in [4.69, 9.17) is 4.74 Å². The molecule has 1 aliphatic rings. The standard InChI is InChI=1S/C20H26N4O.HI/c1-21-20(22-15-17-5-3-2-4-6-17)23-16-18-7-9-19(10-8-18)24-11-13-25-14-12-24;/h2-10H,11-16H2,1H3,(H2,21,22,23);1H. The molecule has 1 saturated heterocycles. The molecule has 2 aromatic rings. The van der Waals surface area contributed by atoms with E-state index in [0.717, 1.165) is 45.4 Å². The zero-order chi connectivity index (χ0) is 17.3. The van der Waals surface area contributed by atoms with Gasteiger partial charge in [0.1, 0.15) is 0 Å². The zero-order valence-electron chi connectivity index (χ0n) is 15.1. The number of hydrogen-bond acceptors (Lipinski definition) is 3. The molecule has 6 heteroatoms. The highest BCUT2D eigenvalue weighted by Gasteiger charge is 2.10. The van der Waals surface area contributed by atoms with Crippen LogP contribution in [0.2, 0.25) is 0 Å². The molecule has 0 aliphatic carbocycles. The number of aliphatic imine (C=N–C) groups is 1. The number of halogens is 1. The summed E-state index contributed by atoms with van der Waals surface area (Å²) in [6.45, 7) is 5.06. The molecule has 26 heavy (non-hydrogen) atoms. The van der Waals surface area contributed by atoms with Gasteiger partial charge in [-0.15, -0.1) is 24.0 Å². The van der Waals surface area contributed by atoms with Gasteiger partial charge in [-0.25, -0.2) is 0 Å². The minimum Gasteiger partial charge on any atom is -0.378 e. The van der Waals surface area contributed by atoms with Crippen LogP contribution in [0.3, 0.4) is 0 Å². The zero-order valence-corrected chi connectivity index (χ0v) is 17.5. The van der Waals surface area contributed by atoms with Crippen LogP contribution >= 0.6 is 24.0 Å². The van der Waals surface area contributed by atoms with Gasteiger partial charge in [-0.05, 0) is 23.3 Å². The molecular weight excluding hydrogens is 439 g/mol. The van der Waals surface area contributed by atoms with Gasteiger partial charge < -0.3 is 20.3 Å². The molecule has 1 heterocycles.